The van der Waals surface area contributed by atoms with Gasteiger partial charge >= 0.3 is 0 Å². The predicted octanol–water partition coefficient (Wildman–Crippen LogP) is 9.29. The fourth-order valence-electron chi connectivity index (χ4n) is 4.95. The van der Waals surface area contributed by atoms with Gasteiger partial charge in [-0.05, 0) is 45.9 Å². The lowest BCUT2D eigenvalue weighted by atomic mass is 9.91. The molecule has 0 spiro atoms. The highest BCUT2D eigenvalue weighted by atomic mass is 35.6. The van der Waals surface area contributed by atoms with E-state index in [1.54, 1.807) is 0 Å². The molecule has 0 aromatic heterocycles. The second-order valence-electron chi connectivity index (χ2n) is 11.2. The molecule has 0 bridgehead atoms. The Morgan fingerprint density at radius 3 is 1.36 bits per heavy atom. The van der Waals surface area contributed by atoms with E-state index in [-0.39, 0.29) is 0 Å². The number of hydrogen-bond donors (Lipinski definition) is 0. The zero-order valence-corrected chi connectivity index (χ0v) is 24.1. The van der Waals surface area contributed by atoms with E-state index in [2.05, 4.69) is 121 Å². The highest BCUT2D eigenvalue weighted by Crippen LogP contribution is 2.44. The summed E-state index contributed by atoms with van der Waals surface area (Å²) in [4.78, 5) is 5.03. The van der Waals surface area contributed by atoms with Gasteiger partial charge in [-0.15, -0.1) is 0 Å². The third kappa shape index (κ3) is 5.20. The number of nitrogens with zero attached hydrogens (tertiary/aromatic N) is 2. The van der Waals surface area contributed by atoms with E-state index in [0.29, 0.717) is 23.7 Å². The Balaban J connectivity index is 2.25. The summed E-state index contributed by atoms with van der Waals surface area (Å²) in [5, 5.41) is 1.30. The second-order valence-corrected chi connectivity index (χ2v) is 17.5. The van der Waals surface area contributed by atoms with Gasteiger partial charge in [-0.3, -0.25) is 0 Å². The van der Waals surface area contributed by atoms with E-state index in [0.717, 1.165) is 6.67 Å². The van der Waals surface area contributed by atoms with Crippen LogP contribution in [0.1, 0.15) is 101 Å². The summed E-state index contributed by atoms with van der Waals surface area (Å²) in [6, 6.07) is 13.6. The maximum Gasteiger partial charge on any atom is 0.201 e. The van der Waals surface area contributed by atoms with Gasteiger partial charge < -0.3 is 9.80 Å². The summed E-state index contributed by atoms with van der Waals surface area (Å²) in [5.41, 5.74) is 8.37. The van der Waals surface area contributed by atoms with Crippen LogP contribution < -0.4 is 9.80 Å². The van der Waals surface area contributed by atoms with Crippen LogP contribution in [0, 0.1) is 0 Å². The summed E-state index contributed by atoms with van der Waals surface area (Å²) in [6.07, 6.45) is 2.37. The summed E-state index contributed by atoms with van der Waals surface area (Å²) in [5.74, 6) is 1.81. The molecule has 0 radical (unpaired) electrons. The molecule has 1 aliphatic rings. The third-order valence-electron chi connectivity index (χ3n) is 6.71. The average molecular weight is 483 g/mol. The van der Waals surface area contributed by atoms with Crippen LogP contribution in [-0.2, 0) is 0 Å². The molecule has 0 saturated heterocycles. The lowest BCUT2D eigenvalue weighted by molar-refractivity contribution is 0.801. The van der Waals surface area contributed by atoms with Crippen molar-refractivity contribution >= 4 is 29.8 Å². The SMILES string of the molecule is CC(C)c1cccc(C(C)C)c1N1C=C([Si](C)(C)Cl)N(c2c(C(C)C)cccc2C(C)C)C1. The molecule has 0 fully saturated rings. The van der Waals surface area contributed by atoms with Gasteiger partial charge in [0.15, 0.2) is 0 Å². The molecule has 0 N–H and O–H groups in total. The molecular formula is C29H43ClN2Si. The van der Waals surface area contributed by atoms with E-state index in [4.69, 9.17) is 11.1 Å². The van der Waals surface area contributed by atoms with E-state index >= 15 is 0 Å². The largest absolute Gasteiger partial charge is 0.328 e. The standard InChI is InChI=1S/C29H43ClN2Si/c1-19(2)23-13-11-14-24(20(3)4)28(23)31-17-27(33(9,10)30)32(18-31)29-25(21(5)6)15-12-16-26(29)22(7)8/h11-17,19-22H,18H2,1-10H3. The van der Waals surface area contributed by atoms with Gasteiger partial charge in [-0.1, -0.05) is 105 Å². The van der Waals surface area contributed by atoms with Crippen LogP contribution in [0.4, 0.5) is 11.4 Å². The molecule has 1 heterocycles. The van der Waals surface area contributed by atoms with Gasteiger partial charge in [-0.2, -0.15) is 11.1 Å². The number of hydrogen-bond acceptors (Lipinski definition) is 2. The maximum absolute atomic E-state index is 7.21. The fraction of sp³-hybridized carbons (Fsp3) is 0.517. The minimum absolute atomic E-state index is 0.447. The second kappa shape index (κ2) is 9.88. The minimum atomic E-state index is -2.13. The lowest BCUT2D eigenvalue weighted by Gasteiger charge is -2.34. The van der Waals surface area contributed by atoms with E-state index < -0.39 is 7.38 Å². The van der Waals surface area contributed by atoms with Gasteiger partial charge in [-0.25, -0.2) is 0 Å². The third-order valence-corrected chi connectivity index (χ3v) is 8.91. The molecule has 33 heavy (non-hydrogen) atoms. The lowest BCUT2D eigenvalue weighted by Crippen LogP contribution is -2.36. The highest BCUT2D eigenvalue weighted by molar-refractivity contribution is 7.23. The Hall–Kier alpha value is -1.71. The molecule has 0 amide bonds. The molecule has 0 unspecified atom stereocenters. The van der Waals surface area contributed by atoms with Crippen molar-refractivity contribution < 1.29 is 0 Å². The van der Waals surface area contributed by atoms with Crippen molar-refractivity contribution in [2.45, 2.75) is 92.2 Å². The highest BCUT2D eigenvalue weighted by Gasteiger charge is 2.38. The van der Waals surface area contributed by atoms with Crippen molar-refractivity contribution in [3.8, 4) is 0 Å². The first kappa shape index (κ1) is 25.9. The zero-order valence-electron chi connectivity index (χ0n) is 22.3. The number of rotatable bonds is 7. The quantitative estimate of drug-likeness (QED) is 0.286. The normalized spacial score (nSPS) is 14.9. The number of benzene rings is 2. The first-order chi connectivity index (χ1) is 15.3. The maximum atomic E-state index is 7.21. The summed E-state index contributed by atoms with van der Waals surface area (Å²) in [6.45, 7) is 23.7. The average Bonchev–Trinajstić information content (AvgIpc) is 3.17. The smallest absolute Gasteiger partial charge is 0.201 e. The Morgan fingerprint density at radius 2 is 1.03 bits per heavy atom. The van der Waals surface area contributed by atoms with E-state index in [9.17, 15) is 0 Å². The number of halogens is 1. The molecule has 2 aromatic carbocycles. The molecule has 180 valence electrons. The van der Waals surface area contributed by atoms with Crippen LogP contribution in [0.15, 0.2) is 47.9 Å². The van der Waals surface area contributed by atoms with Crippen molar-refractivity contribution in [3.63, 3.8) is 0 Å². The zero-order chi connectivity index (χ0) is 24.7. The van der Waals surface area contributed by atoms with Crippen LogP contribution in [0.3, 0.4) is 0 Å². The first-order valence-corrected chi connectivity index (χ1v) is 16.6. The van der Waals surface area contributed by atoms with Crippen LogP contribution >= 0.6 is 11.1 Å². The number of anilines is 2. The van der Waals surface area contributed by atoms with Crippen molar-refractivity contribution in [1.82, 2.24) is 0 Å². The van der Waals surface area contributed by atoms with E-state index in [1.165, 1.54) is 38.9 Å². The van der Waals surface area contributed by atoms with Gasteiger partial charge in [0, 0.05) is 22.9 Å². The van der Waals surface area contributed by atoms with Gasteiger partial charge in [0.05, 0.1) is 6.67 Å². The van der Waals surface area contributed by atoms with Crippen LogP contribution in [-0.4, -0.2) is 14.1 Å². The molecular weight excluding hydrogens is 440 g/mol. The summed E-state index contributed by atoms with van der Waals surface area (Å²) >= 11 is 7.21. The Bertz CT molecular complexity index is 962. The van der Waals surface area contributed by atoms with E-state index in [1.807, 2.05) is 0 Å². The topological polar surface area (TPSA) is 6.48 Å². The predicted molar refractivity (Wildman–Crippen MR) is 150 cm³/mol. The van der Waals surface area contributed by atoms with Crippen LogP contribution in [0.5, 0.6) is 0 Å². The molecule has 0 atom stereocenters. The van der Waals surface area contributed by atoms with Crippen LogP contribution in [0.2, 0.25) is 13.1 Å². The fourth-order valence-corrected chi connectivity index (χ4v) is 6.69. The Labute approximate surface area is 208 Å². The summed E-state index contributed by atoms with van der Waals surface area (Å²) in [7, 11) is -2.13. The van der Waals surface area contributed by atoms with Crippen LogP contribution in [0.25, 0.3) is 0 Å². The van der Waals surface area contributed by atoms with Gasteiger partial charge in [0.1, 0.15) is 0 Å². The molecule has 4 heteroatoms. The number of para-hydroxylation sites is 2. The van der Waals surface area contributed by atoms with Crippen molar-refractivity contribution in [1.29, 1.82) is 0 Å². The molecule has 0 saturated carbocycles. The Kier molecular flexibility index (Phi) is 7.75. The first-order valence-electron chi connectivity index (χ1n) is 12.6. The molecule has 2 aromatic rings. The van der Waals surface area contributed by atoms with Crippen molar-refractivity contribution in [2.75, 3.05) is 16.5 Å². The molecule has 0 aliphatic carbocycles. The van der Waals surface area contributed by atoms with Gasteiger partial charge in [0.2, 0.25) is 7.38 Å². The minimum Gasteiger partial charge on any atom is -0.328 e. The van der Waals surface area contributed by atoms with Crippen molar-refractivity contribution in [3.05, 3.63) is 70.2 Å². The molecule has 1 aliphatic heterocycles. The molecule has 2 nitrogen and oxygen atoms in total. The molecule has 3 rings (SSSR count). The Morgan fingerprint density at radius 1 is 0.667 bits per heavy atom. The van der Waals surface area contributed by atoms with Crippen molar-refractivity contribution in [2.24, 2.45) is 0 Å². The monoisotopic (exact) mass is 482 g/mol. The van der Waals surface area contributed by atoms with Gasteiger partial charge in [0.25, 0.3) is 0 Å². The summed E-state index contributed by atoms with van der Waals surface area (Å²) < 4.78 is 0.